The Morgan fingerprint density at radius 2 is 1.85 bits per heavy atom. The zero-order chi connectivity index (χ0) is 18.1. The third-order valence-electron chi connectivity index (χ3n) is 5.84. The van der Waals surface area contributed by atoms with Crippen LogP contribution in [-0.2, 0) is 16.6 Å². The van der Waals surface area contributed by atoms with Crippen LogP contribution in [0, 0.1) is 5.92 Å². The molecule has 0 saturated carbocycles. The maximum Gasteiger partial charge on any atom is 0.244 e. The van der Waals surface area contributed by atoms with Crippen LogP contribution in [0.5, 0.6) is 0 Å². The standard InChI is InChI=1S/C19H27N5O2/c1-21-14-16(13-20-21)24-8-4-7-17(19(24)26)22-9-11-23(12-10-22)18(25)15-5-2-3-6-15/h2-3,13-15,17H,4-12H2,1H3/t17-/m1/s1. The van der Waals surface area contributed by atoms with Gasteiger partial charge in [-0.3, -0.25) is 19.2 Å². The smallest absolute Gasteiger partial charge is 0.244 e. The molecule has 0 aromatic carbocycles. The lowest BCUT2D eigenvalue weighted by Gasteiger charge is -2.42. The van der Waals surface area contributed by atoms with Crippen LogP contribution in [-0.4, -0.2) is 70.2 Å². The molecule has 7 heteroatoms. The molecule has 140 valence electrons. The van der Waals surface area contributed by atoms with Gasteiger partial charge in [0.05, 0.1) is 17.9 Å². The van der Waals surface area contributed by atoms with E-state index in [4.69, 9.17) is 0 Å². The van der Waals surface area contributed by atoms with E-state index in [0.717, 1.165) is 64.1 Å². The van der Waals surface area contributed by atoms with Crippen LogP contribution in [0.15, 0.2) is 24.5 Å². The lowest BCUT2D eigenvalue weighted by molar-refractivity contribution is -0.138. The monoisotopic (exact) mass is 357 g/mol. The number of amides is 2. The van der Waals surface area contributed by atoms with Gasteiger partial charge in [-0.25, -0.2) is 0 Å². The molecule has 3 heterocycles. The highest BCUT2D eigenvalue weighted by molar-refractivity contribution is 5.97. The van der Waals surface area contributed by atoms with Crippen molar-refractivity contribution in [3.8, 4) is 0 Å². The van der Waals surface area contributed by atoms with Gasteiger partial charge < -0.3 is 9.80 Å². The van der Waals surface area contributed by atoms with E-state index in [2.05, 4.69) is 22.2 Å². The van der Waals surface area contributed by atoms with Gasteiger partial charge in [0.15, 0.2) is 0 Å². The number of rotatable bonds is 3. The molecule has 0 bridgehead atoms. The number of piperazine rings is 1. The zero-order valence-electron chi connectivity index (χ0n) is 15.4. The SMILES string of the molecule is Cn1cc(N2CCC[C@@H](N3CCN(C(=O)C4CC=CC4)CC3)C2=O)cn1. The van der Waals surface area contributed by atoms with Gasteiger partial charge in [0.1, 0.15) is 0 Å². The first-order chi connectivity index (χ1) is 12.6. The number of anilines is 1. The predicted molar refractivity (Wildman–Crippen MR) is 98.6 cm³/mol. The zero-order valence-corrected chi connectivity index (χ0v) is 15.4. The summed E-state index contributed by atoms with van der Waals surface area (Å²) in [7, 11) is 1.87. The number of allylic oxidation sites excluding steroid dienone is 2. The van der Waals surface area contributed by atoms with E-state index in [9.17, 15) is 9.59 Å². The van der Waals surface area contributed by atoms with Crippen molar-refractivity contribution in [2.24, 2.45) is 13.0 Å². The lowest BCUT2D eigenvalue weighted by atomic mass is 10.0. The Morgan fingerprint density at radius 1 is 1.12 bits per heavy atom. The minimum atomic E-state index is -0.0747. The fourth-order valence-electron chi connectivity index (χ4n) is 4.33. The van der Waals surface area contributed by atoms with Crippen molar-refractivity contribution in [3.05, 3.63) is 24.5 Å². The second-order valence-electron chi connectivity index (χ2n) is 7.52. The van der Waals surface area contributed by atoms with Crippen molar-refractivity contribution < 1.29 is 9.59 Å². The van der Waals surface area contributed by atoms with Crippen molar-refractivity contribution >= 4 is 17.5 Å². The van der Waals surface area contributed by atoms with E-state index in [1.54, 1.807) is 10.9 Å². The summed E-state index contributed by atoms with van der Waals surface area (Å²) in [5.41, 5.74) is 0.879. The summed E-state index contributed by atoms with van der Waals surface area (Å²) in [6, 6.07) is -0.0747. The average Bonchev–Trinajstić information content (AvgIpc) is 3.33. The van der Waals surface area contributed by atoms with Crippen LogP contribution in [0.25, 0.3) is 0 Å². The van der Waals surface area contributed by atoms with Crippen molar-refractivity contribution in [2.75, 3.05) is 37.6 Å². The fourth-order valence-corrected chi connectivity index (χ4v) is 4.33. The molecular weight excluding hydrogens is 330 g/mol. The van der Waals surface area contributed by atoms with Gasteiger partial charge in [0.2, 0.25) is 11.8 Å². The number of hydrogen-bond acceptors (Lipinski definition) is 4. The summed E-state index contributed by atoms with van der Waals surface area (Å²) >= 11 is 0. The highest BCUT2D eigenvalue weighted by atomic mass is 16.2. The van der Waals surface area contributed by atoms with Crippen molar-refractivity contribution in [3.63, 3.8) is 0 Å². The quantitative estimate of drug-likeness (QED) is 0.758. The van der Waals surface area contributed by atoms with Crippen LogP contribution in [0.2, 0.25) is 0 Å². The maximum atomic E-state index is 13.0. The first-order valence-corrected chi connectivity index (χ1v) is 9.61. The molecule has 2 aliphatic heterocycles. The van der Waals surface area contributed by atoms with Gasteiger partial charge in [-0.2, -0.15) is 5.10 Å². The number of aromatic nitrogens is 2. The Labute approximate surface area is 154 Å². The molecule has 0 spiro atoms. The maximum absolute atomic E-state index is 13.0. The molecule has 2 fully saturated rings. The van der Waals surface area contributed by atoms with E-state index in [1.807, 2.05) is 23.0 Å². The molecular formula is C19H27N5O2. The Morgan fingerprint density at radius 3 is 2.50 bits per heavy atom. The molecule has 1 aromatic rings. The van der Waals surface area contributed by atoms with Gasteiger partial charge in [-0.1, -0.05) is 12.2 Å². The molecule has 1 aliphatic carbocycles. The summed E-state index contributed by atoms with van der Waals surface area (Å²) < 4.78 is 1.73. The molecule has 2 saturated heterocycles. The van der Waals surface area contributed by atoms with E-state index in [-0.39, 0.29) is 23.8 Å². The van der Waals surface area contributed by atoms with Gasteiger partial charge in [-0.15, -0.1) is 0 Å². The second-order valence-corrected chi connectivity index (χ2v) is 7.52. The molecule has 1 atom stereocenters. The average molecular weight is 357 g/mol. The third-order valence-corrected chi connectivity index (χ3v) is 5.84. The molecule has 0 radical (unpaired) electrons. The Bertz CT molecular complexity index is 697. The number of aryl methyl sites for hydroxylation is 1. The Balaban J connectivity index is 1.36. The van der Waals surface area contributed by atoms with Gasteiger partial charge in [-0.05, 0) is 25.7 Å². The molecule has 1 aromatic heterocycles. The Hall–Kier alpha value is -2.15. The fraction of sp³-hybridized carbons (Fsp3) is 0.632. The second kappa shape index (κ2) is 7.23. The molecule has 3 aliphatic rings. The topological polar surface area (TPSA) is 61.7 Å². The van der Waals surface area contributed by atoms with Crippen LogP contribution < -0.4 is 4.90 Å². The first kappa shape index (κ1) is 17.3. The van der Waals surface area contributed by atoms with E-state index in [1.165, 1.54) is 0 Å². The normalized spacial score (nSPS) is 25.3. The largest absolute Gasteiger partial charge is 0.340 e. The summed E-state index contributed by atoms with van der Waals surface area (Å²) in [4.78, 5) is 31.7. The van der Waals surface area contributed by atoms with Crippen LogP contribution >= 0.6 is 0 Å². The van der Waals surface area contributed by atoms with Gasteiger partial charge >= 0.3 is 0 Å². The predicted octanol–water partition coefficient (Wildman–Crippen LogP) is 1.03. The molecule has 7 nitrogen and oxygen atoms in total. The molecule has 2 amide bonds. The number of nitrogens with zero attached hydrogens (tertiary/aromatic N) is 5. The molecule has 26 heavy (non-hydrogen) atoms. The number of piperidine rings is 1. The van der Waals surface area contributed by atoms with Crippen LogP contribution in [0.3, 0.4) is 0 Å². The molecule has 0 N–H and O–H groups in total. The van der Waals surface area contributed by atoms with Gasteiger partial charge in [0.25, 0.3) is 0 Å². The van der Waals surface area contributed by atoms with Crippen LogP contribution in [0.1, 0.15) is 25.7 Å². The summed E-state index contributed by atoms with van der Waals surface area (Å²) in [5, 5.41) is 4.19. The third kappa shape index (κ3) is 3.28. The van der Waals surface area contributed by atoms with Crippen molar-refractivity contribution in [1.82, 2.24) is 19.6 Å². The minimum absolute atomic E-state index is 0.0747. The van der Waals surface area contributed by atoms with Crippen molar-refractivity contribution in [1.29, 1.82) is 0 Å². The number of carbonyl (C=O) groups is 2. The number of carbonyl (C=O) groups excluding carboxylic acids is 2. The summed E-state index contributed by atoms with van der Waals surface area (Å²) in [6.07, 6.45) is 11.5. The van der Waals surface area contributed by atoms with E-state index >= 15 is 0 Å². The minimum Gasteiger partial charge on any atom is -0.340 e. The first-order valence-electron chi connectivity index (χ1n) is 9.61. The Kier molecular flexibility index (Phi) is 4.80. The van der Waals surface area contributed by atoms with Gasteiger partial charge in [0, 0.05) is 51.9 Å². The van der Waals surface area contributed by atoms with E-state index in [0.29, 0.717) is 0 Å². The summed E-state index contributed by atoms with van der Waals surface area (Å²) in [5.74, 6) is 0.588. The molecule has 0 unspecified atom stereocenters. The highest BCUT2D eigenvalue weighted by Gasteiger charge is 2.37. The van der Waals surface area contributed by atoms with Crippen molar-refractivity contribution in [2.45, 2.75) is 31.7 Å². The number of hydrogen-bond donors (Lipinski definition) is 0. The summed E-state index contributed by atoms with van der Waals surface area (Å²) in [6.45, 7) is 3.78. The van der Waals surface area contributed by atoms with Crippen LogP contribution in [0.4, 0.5) is 5.69 Å². The highest BCUT2D eigenvalue weighted by Crippen LogP contribution is 2.25. The lowest BCUT2D eigenvalue weighted by Crippen LogP contribution is -2.58. The molecule has 4 rings (SSSR count). The van der Waals surface area contributed by atoms with E-state index < -0.39 is 0 Å².